The fourth-order valence-electron chi connectivity index (χ4n) is 1.86. The van der Waals surface area contributed by atoms with Crippen LogP contribution < -0.4 is 5.32 Å². The van der Waals surface area contributed by atoms with Crippen molar-refractivity contribution in [1.29, 1.82) is 0 Å². The van der Waals surface area contributed by atoms with Gasteiger partial charge in [0.15, 0.2) is 0 Å². The number of esters is 1. The van der Waals surface area contributed by atoms with Crippen LogP contribution in [-0.2, 0) is 9.53 Å². The van der Waals surface area contributed by atoms with Crippen LogP contribution in [0, 0.1) is 5.82 Å². The van der Waals surface area contributed by atoms with Crippen molar-refractivity contribution in [3.05, 3.63) is 41.8 Å². The van der Waals surface area contributed by atoms with Crippen molar-refractivity contribution in [2.24, 2.45) is 0 Å². The topological polar surface area (TPSA) is 84.1 Å². The first kappa shape index (κ1) is 17.0. The Morgan fingerprint density at radius 3 is 2.70 bits per heavy atom. The highest BCUT2D eigenvalue weighted by Crippen LogP contribution is 2.18. The number of thiol groups is 1. The van der Waals surface area contributed by atoms with E-state index in [2.05, 4.69) is 28.1 Å². The summed E-state index contributed by atoms with van der Waals surface area (Å²) >= 11 is 4.03. The molecule has 0 unspecified atom stereocenters. The Hall–Kier alpha value is -2.35. The second-order valence-corrected chi connectivity index (χ2v) is 5.00. The van der Waals surface area contributed by atoms with Gasteiger partial charge in [-0.1, -0.05) is 0 Å². The van der Waals surface area contributed by atoms with Gasteiger partial charge in [-0.3, -0.25) is 9.89 Å². The highest BCUT2D eigenvalue weighted by atomic mass is 32.1. The van der Waals surface area contributed by atoms with Gasteiger partial charge in [0.2, 0.25) is 0 Å². The van der Waals surface area contributed by atoms with E-state index in [1.165, 1.54) is 18.2 Å². The maximum absolute atomic E-state index is 12.9. The number of nitrogens with one attached hydrogen (secondary N) is 2. The van der Waals surface area contributed by atoms with Crippen LogP contribution in [0.4, 0.5) is 4.39 Å². The molecule has 1 atom stereocenters. The number of rotatable bonds is 6. The van der Waals surface area contributed by atoms with Gasteiger partial charge < -0.3 is 10.1 Å². The van der Waals surface area contributed by atoms with Crippen LogP contribution in [0.5, 0.6) is 0 Å². The minimum absolute atomic E-state index is 0.115. The van der Waals surface area contributed by atoms with Crippen molar-refractivity contribution in [1.82, 2.24) is 15.5 Å². The molecule has 122 valence electrons. The summed E-state index contributed by atoms with van der Waals surface area (Å²) in [5.41, 5.74) is 1.34. The molecule has 1 heterocycles. The number of nitrogens with zero attached hydrogens (tertiary/aromatic N) is 1. The average Bonchev–Trinajstić information content (AvgIpc) is 3.03. The number of halogens is 1. The molecule has 0 bridgehead atoms. The molecule has 0 aliphatic carbocycles. The van der Waals surface area contributed by atoms with Gasteiger partial charge in [0.1, 0.15) is 17.6 Å². The zero-order valence-corrected chi connectivity index (χ0v) is 13.3. The zero-order chi connectivity index (χ0) is 16.8. The zero-order valence-electron chi connectivity index (χ0n) is 12.4. The number of amides is 1. The Morgan fingerprint density at radius 2 is 2.09 bits per heavy atom. The second kappa shape index (κ2) is 7.77. The van der Waals surface area contributed by atoms with Crippen LogP contribution in [0.3, 0.4) is 0 Å². The molecule has 0 fully saturated rings. The van der Waals surface area contributed by atoms with Crippen molar-refractivity contribution < 1.29 is 18.7 Å². The first-order chi connectivity index (χ1) is 11.0. The number of carbonyl (C=O) groups excluding carboxylic acids is 2. The van der Waals surface area contributed by atoms with Crippen LogP contribution in [0.1, 0.15) is 17.4 Å². The quantitative estimate of drug-likeness (QED) is 0.554. The van der Waals surface area contributed by atoms with E-state index in [0.29, 0.717) is 11.3 Å². The molecule has 23 heavy (non-hydrogen) atoms. The van der Waals surface area contributed by atoms with Crippen molar-refractivity contribution >= 4 is 24.5 Å². The Bertz CT molecular complexity index is 688. The first-order valence-electron chi connectivity index (χ1n) is 6.94. The summed E-state index contributed by atoms with van der Waals surface area (Å²) in [7, 11) is 0. The molecule has 0 aliphatic heterocycles. The Balaban J connectivity index is 2.08. The summed E-state index contributed by atoms with van der Waals surface area (Å²) < 4.78 is 17.8. The van der Waals surface area contributed by atoms with Gasteiger partial charge in [-0.15, -0.1) is 0 Å². The molecule has 0 saturated carbocycles. The summed E-state index contributed by atoms with van der Waals surface area (Å²) in [4.78, 5) is 23.8. The predicted molar refractivity (Wildman–Crippen MR) is 85.7 cm³/mol. The Morgan fingerprint density at radius 1 is 1.39 bits per heavy atom. The van der Waals surface area contributed by atoms with E-state index in [9.17, 15) is 14.0 Å². The first-order valence-corrected chi connectivity index (χ1v) is 7.58. The van der Waals surface area contributed by atoms with E-state index in [1.54, 1.807) is 19.1 Å². The fraction of sp³-hybridized carbons (Fsp3) is 0.267. The molecule has 2 aromatic rings. The Labute approximate surface area is 137 Å². The number of H-pyrrole nitrogens is 1. The van der Waals surface area contributed by atoms with E-state index < -0.39 is 17.9 Å². The van der Waals surface area contributed by atoms with Gasteiger partial charge in [-0.2, -0.15) is 17.7 Å². The standard InChI is InChI=1S/C15H16FN3O3S/c1-2-22-15(21)13(8-23)17-14(20)12-7-11(18-19-12)9-3-5-10(16)6-4-9/h3-7,13,23H,2,8H2,1H3,(H,17,20)(H,18,19)/t13-/m0/s1. The summed E-state index contributed by atoms with van der Waals surface area (Å²) in [6.07, 6.45) is 0. The molecule has 2 rings (SSSR count). The number of carbonyl (C=O) groups is 2. The highest BCUT2D eigenvalue weighted by Gasteiger charge is 2.22. The number of hydrogen-bond acceptors (Lipinski definition) is 5. The molecule has 0 radical (unpaired) electrons. The molecule has 8 heteroatoms. The molecular formula is C15H16FN3O3S. The van der Waals surface area contributed by atoms with Crippen molar-refractivity contribution in [3.8, 4) is 11.3 Å². The fourth-order valence-corrected chi connectivity index (χ4v) is 2.10. The lowest BCUT2D eigenvalue weighted by atomic mass is 10.1. The number of benzene rings is 1. The minimum Gasteiger partial charge on any atom is -0.464 e. The molecule has 0 saturated heterocycles. The summed E-state index contributed by atoms with van der Waals surface area (Å²) in [5.74, 6) is -1.29. The van der Waals surface area contributed by atoms with Crippen LogP contribution in [0.2, 0.25) is 0 Å². The smallest absolute Gasteiger partial charge is 0.329 e. The van der Waals surface area contributed by atoms with E-state index in [0.717, 1.165) is 0 Å². The third kappa shape index (κ3) is 4.32. The van der Waals surface area contributed by atoms with Crippen LogP contribution in [0.15, 0.2) is 30.3 Å². The number of aromatic amines is 1. The number of ether oxygens (including phenoxy) is 1. The number of aromatic nitrogens is 2. The van der Waals surface area contributed by atoms with Crippen molar-refractivity contribution in [3.63, 3.8) is 0 Å². The van der Waals surface area contributed by atoms with E-state index in [-0.39, 0.29) is 23.9 Å². The summed E-state index contributed by atoms with van der Waals surface area (Å²) in [6.45, 7) is 1.90. The largest absolute Gasteiger partial charge is 0.464 e. The average molecular weight is 337 g/mol. The van der Waals surface area contributed by atoms with Gasteiger partial charge in [-0.25, -0.2) is 9.18 Å². The molecule has 2 N–H and O–H groups in total. The number of hydrogen-bond donors (Lipinski definition) is 3. The van der Waals surface area contributed by atoms with Gasteiger partial charge >= 0.3 is 5.97 Å². The van der Waals surface area contributed by atoms with Crippen LogP contribution >= 0.6 is 12.6 Å². The predicted octanol–water partition coefficient (Wildman–Crippen LogP) is 1.81. The monoisotopic (exact) mass is 337 g/mol. The molecular weight excluding hydrogens is 321 g/mol. The SMILES string of the molecule is CCOC(=O)[C@H](CS)NC(=O)c1cc(-c2ccc(F)cc2)n[nH]1. The van der Waals surface area contributed by atoms with Gasteiger partial charge in [0, 0.05) is 11.3 Å². The summed E-state index contributed by atoms with van der Waals surface area (Å²) in [6, 6.07) is 6.40. The van der Waals surface area contributed by atoms with Crippen molar-refractivity contribution in [2.75, 3.05) is 12.4 Å². The lowest BCUT2D eigenvalue weighted by Gasteiger charge is -2.14. The minimum atomic E-state index is -0.844. The molecule has 6 nitrogen and oxygen atoms in total. The van der Waals surface area contributed by atoms with E-state index >= 15 is 0 Å². The molecule has 1 aromatic carbocycles. The molecule has 1 aromatic heterocycles. The van der Waals surface area contributed by atoms with Crippen LogP contribution in [-0.4, -0.2) is 40.5 Å². The maximum Gasteiger partial charge on any atom is 0.329 e. The molecule has 1 amide bonds. The van der Waals surface area contributed by atoms with Crippen LogP contribution in [0.25, 0.3) is 11.3 Å². The maximum atomic E-state index is 12.9. The van der Waals surface area contributed by atoms with E-state index in [4.69, 9.17) is 4.74 Å². The van der Waals surface area contributed by atoms with Gasteiger partial charge in [0.25, 0.3) is 5.91 Å². The molecule has 0 aliphatic rings. The lowest BCUT2D eigenvalue weighted by molar-refractivity contribution is -0.144. The van der Waals surface area contributed by atoms with Crippen molar-refractivity contribution in [2.45, 2.75) is 13.0 Å². The third-order valence-corrected chi connectivity index (χ3v) is 3.39. The van der Waals surface area contributed by atoms with Gasteiger partial charge in [0.05, 0.1) is 12.3 Å². The van der Waals surface area contributed by atoms with Gasteiger partial charge in [-0.05, 0) is 37.3 Å². The normalized spacial score (nSPS) is 11.8. The Kier molecular flexibility index (Phi) is 5.75. The third-order valence-electron chi connectivity index (χ3n) is 3.02. The highest BCUT2D eigenvalue weighted by molar-refractivity contribution is 7.80. The molecule has 0 spiro atoms. The lowest BCUT2D eigenvalue weighted by Crippen LogP contribution is -2.43. The van der Waals surface area contributed by atoms with E-state index in [1.807, 2.05) is 0 Å². The summed E-state index contributed by atoms with van der Waals surface area (Å²) in [5, 5.41) is 9.11. The second-order valence-electron chi connectivity index (χ2n) is 4.63.